The molecule has 136 valence electrons. The highest BCUT2D eigenvalue weighted by Crippen LogP contribution is 2.24. The van der Waals surface area contributed by atoms with Crippen LogP contribution in [0.1, 0.15) is 11.3 Å². The first-order chi connectivity index (χ1) is 12.7. The lowest BCUT2D eigenvalue weighted by Gasteiger charge is -2.14. The van der Waals surface area contributed by atoms with Crippen molar-refractivity contribution in [3.63, 3.8) is 0 Å². The molecule has 6 nitrogen and oxygen atoms in total. The number of guanidine groups is 1. The third-order valence-corrected chi connectivity index (χ3v) is 4.20. The van der Waals surface area contributed by atoms with Gasteiger partial charge in [0.15, 0.2) is 5.96 Å². The van der Waals surface area contributed by atoms with Gasteiger partial charge in [-0.1, -0.05) is 18.2 Å². The van der Waals surface area contributed by atoms with Gasteiger partial charge >= 0.3 is 0 Å². The van der Waals surface area contributed by atoms with Crippen molar-refractivity contribution in [2.45, 2.75) is 13.1 Å². The average molecular weight is 352 g/mol. The number of ether oxygens (including phenoxy) is 2. The summed E-state index contributed by atoms with van der Waals surface area (Å²) in [5.74, 6) is 2.27. The average Bonchev–Trinajstić information content (AvgIpc) is 3.11. The second-order valence-electron chi connectivity index (χ2n) is 5.84. The molecule has 0 fully saturated rings. The Morgan fingerprint density at radius 3 is 2.54 bits per heavy atom. The van der Waals surface area contributed by atoms with E-state index in [1.165, 1.54) is 5.39 Å². The van der Waals surface area contributed by atoms with Gasteiger partial charge in [-0.05, 0) is 29.7 Å². The predicted molar refractivity (Wildman–Crippen MR) is 105 cm³/mol. The second kappa shape index (κ2) is 8.29. The zero-order valence-corrected chi connectivity index (χ0v) is 15.3. The van der Waals surface area contributed by atoms with Crippen LogP contribution >= 0.6 is 0 Å². The molecule has 0 unspecified atom stereocenters. The Kier molecular flexibility index (Phi) is 5.63. The number of aliphatic imine (C=N–C) groups is 1. The Hall–Kier alpha value is -3.15. The van der Waals surface area contributed by atoms with Gasteiger partial charge < -0.3 is 25.1 Å². The van der Waals surface area contributed by atoms with Gasteiger partial charge in [0.1, 0.15) is 11.5 Å². The van der Waals surface area contributed by atoms with Crippen LogP contribution in [0.25, 0.3) is 10.9 Å². The molecule has 2 aromatic carbocycles. The fraction of sp³-hybridized carbons (Fsp3) is 0.250. The first kappa shape index (κ1) is 17.7. The van der Waals surface area contributed by atoms with Gasteiger partial charge in [-0.2, -0.15) is 0 Å². The number of aromatic nitrogens is 1. The molecule has 0 atom stereocenters. The van der Waals surface area contributed by atoms with Crippen LogP contribution in [-0.2, 0) is 13.1 Å². The molecule has 0 saturated carbocycles. The minimum Gasteiger partial charge on any atom is -0.497 e. The number of aromatic amines is 1. The molecule has 1 aromatic heterocycles. The summed E-state index contributed by atoms with van der Waals surface area (Å²) in [4.78, 5) is 7.68. The molecule has 0 aliphatic heterocycles. The maximum Gasteiger partial charge on any atom is 0.191 e. The Labute approximate surface area is 153 Å². The number of hydrogen-bond donors (Lipinski definition) is 3. The molecule has 1 heterocycles. The minimum absolute atomic E-state index is 0.597. The summed E-state index contributed by atoms with van der Waals surface area (Å²) in [5.41, 5.74) is 3.27. The Bertz CT molecular complexity index is 869. The smallest absolute Gasteiger partial charge is 0.191 e. The van der Waals surface area contributed by atoms with Gasteiger partial charge in [0.2, 0.25) is 0 Å². The number of methoxy groups -OCH3 is 2. The summed E-state index contributed by atoms with van der Waals surface area (Å²) in [7, 11) is 5.05. The van der Waals surface area contributed by atoms with E-state index in [-0.39, 0.29) is 0 Å². The van der Waals surface area contributed by atoms with E-state index in [0.29, 0.717) is 13.1 Å². The number of H-pyrrole nitrogens is 1. The van der Waals surface area contributed by atoms with Gasteiger partial charge in [0.25, 0.3) is 0 Å². The minimum atomic E-state index is 0.597. The van der Waals surface area contributed by atoms with E-state index >= 15 is 0 Å². The molecule has 3 aromatic rings. The van der Waals surface area contributed by atoms with Crippen molar-refractivity contribution in [2.75, 3.05) is 21.3 Å². The predicted octanol–water partition coefficient (Wildman–Crippen LogP) is 3.05. The second-order valence-corrected chi connectivity index (χ2v) is 5.84. The topological polar surface area (TPSA) is 70.7 Å². The molecular formula is C20H24N4O2. The van der Waals surface area contributed by atoms with Crippen LogP contribution < -0.4 is 20.1 Å². The fourth-order valence-electron chi connectivity index (χ4n) is 2.81. The quantitative estimate of drug-likeness (QED) is 0.471. The summed E-state index contributed by atoms with van der Waals surface area (Å²) in [6.07, 6.45) is 0. The van der Waals surface area contributed by atoms with Crippen LogP contribution in [0, 0.1) is 0 Å². The van der Waals surface area contributed by atoms with E-state index in [9.17, 15) is 0 Å². The third kappa shape index (κ3) is 4.08. The highest BCUT2D eigenvalue weighted by Gasteiger charge is 2.07. The molecule has 0 aliphatic rings. The van der Waals surface area contributed by atoms with Crippen molar-refractivity contribution in [1.82, 2.24) is 15.6 Å². The molecule has 0 spiro atoms. The van der Waals surface area contributed by atoms with Crippen LogP contribution in [0.15, 0.2) is 53.5 Å². The maximum atomic E-state index is 5.43. The number of hydrogen-bond acceptors (Lipinski definition) is 3. The van der Waals surface area contributed by atoms with Crippen molar-refractivity contribution >= 4 is 16.9 Å². The van der Waals surface area contributed by atoms with Crippen molar-refractivity contribution in [3.05, 3.63) is 59.8 Å². The van der Waals surface area contributed by atoms with Crippen LogP contribution in [-0.4, -0.2) is 32.2 Å². The largest absolute Gasteiger partial charge is 0.497 e. The van der Waals surface area contributed by atoms with E-state index in [2.05, 4.69) is 38.8 Å². The standard InChI is InChI=1S/C20H24N4O2/c1-21-20(22-12-15-8-9-17(25-2)11-19(15)26-3)23-13-16-10-14-6-4-5-7-18(14)24-16/h4-11,24H,12-13H2,1-3H3,(H2,21,22,23). The summed E-state index contributed by atoms with van der Waals surface area (Å²) >= 11 is 0. The van der Waals surface area contributed by atoms with Crippen molar-refractivity contribution in [1.29, 1.82) is 0 Å². The van der Waals surface area contributed by atoms with E-state index in [1.807, 2.05) is 30.3 Å². The van der Waals surface area contributed by atoms with Gasteiger partial charge in [-0.3, -0.25) is 4.99 Å². The maximum absolute atomic E-state index is 5.43. The highest BCUT2D eigenvalue weighted by molar-refractivity contribution is 5.81. The zero-order valence-electron chi connectivity index (χ0n) is 15.3. The molecule has 6 heteroatoms. The number of para-hydroxylation sites is 1. The monoisotopic (exact) mass is 352 g/mol. The summed E-state index contributed by atoms with van der Waals surface area (Å²) in [6, 6.07) is 16.1. The van der Waals surface area contributed by atoms with Gasteiger partial charge in [0.05, 0.1) is 20.8 Å². The Balaban J connectivity index is 1.60. The Morgan fingerprint density at radius 1 is 1.00 bits per heavy atom. The third-order valence-electron chi connectivity index (χ3n) is 4.20. The van der Waals surface area contributed by atoms with Crippen LogP contribution in [0.2, 0.25) is 0 Å². The first-order valence-electron chi connectivity index (χ1n) is 8.45. The normalized spacial score (nSPS) is 11.4. The number of nitrogens with zero attached hydrogens (tertiary/aromatic N) is 1. The zero-order chi connectivity index (χ0) is 18.4. The van der Waals surface area contributed by atoms with E-state index in [4.69, 9.17) is 9.47 Å². The van der Waals surface area contributed by atoms with Crippen LogP contribution in [0.3, 0.4) is 0 Å². The number of fused-ring (bicyclic) bond motifs is 1. The number of nitrogens with one attached hydrogen (secondary N) is 3. The van der Waals surface area contributed by atoms with E-state index in [0.717, 1.165) is 34.2 Å². The fourth-order valence-corrected chi connectivity index (χ4v) is 2.81. The van der Waals surface area contributed by atoms with Crippen molar-refractivity contribution < 1.29 is 9.47 Å². The van der Waals surface area contributed by atoms with Crippen LogP contribution in [0.4, 0.5) is 0 Å². The highest BCUT2D eigenvalue weighted by atomic mass is 16.5. The lowest BCUT2D eigenvalue weighted by Crippen LogP contribution is -2.36. The lowest BCUT2D eigenvalue weighted by molar-refractivity contribution is 0.390. The number of benzene rings is 2. The molecule has 3 rings (SSSR count). The van der Waals surface area contributed by atoms with Gasteiger partial charge in [-0.15, -0.1) is 0 Å². The molecule has 26 heavy (non-hydrogen) atoms. The molecular weight excluding hydrogens is 328 g/mol. The molecule has 0 saturated heterocycles. The van der Waals surface area contributed by atoms with Crippen molar-refractivity contribution in [3.8, 4) is 11.5 Å². The van der Waals surface area contributed by atoms with Crippen molar-refractivity contribution in [2.24, 2.45) is 4.99 Å². The van der Waals surface area contributed by atoms with E-state index < -0.39 is 0 Å². The molecule has 3 N–H and O–H groups in total. The van der Waals surface area contributed by atoms with Crippen LogP contribution in [0.5, 0.6) is 11.5 Å². The summed E-state index contributed by atoms with van der Waals surface area (Å²) in [6.45, 7) is 1.26. The molecule has 0 bridgehead atoms. The summed E-state index contributed by atoms with van der Waals surface area (Å²) in [5, 5.41) is 7.83. The SMILES string of the molecule is CN=C(NCc1cc2ccccc2[nH]1)NCc1ccc(OC)cc1OC. The van der Waals surface area contributed by atoms with Gasteiger partial charge in [-0.25, -0.2) is 0 Å². The Morgan fingerprint density at radius 2 is 1.81 bits per heavy atom. The van der Waals surface area contributed by atoms with Gasteiger partial charge in [0, 0.05) is 36.4 Å². The summed E-state index contributed by atoms with van der Waals surface area (Å²) < 4.78 is 10.7. The lowest BCUT2D eigenvalue weighted by atomic mass is 10.2. The number of rotatable bonds is 6. The van der Waals surface area contributed by atoms with E-state index in [1.54, 1.807) is 21.3 Å². The molecule has 0 amide bonds. The molecule has 0 aliphatic carbocycles. The first-order valence-corrected chi connectivity index (χ1v) is 8.45. The molecule has 0 radical (unpaired) electrons.